The van der Waals surface area contributed by atoms with Gasteiger partial charge in [-0.3, -0.25) is 9.36 Å². The van der Waals surface area contributed by atoms with Crippen LogP contribution in [0.15, 0.2) is 66.7 Å². The molecule has 2 aromatic heterocycles. The van der Waals surface area contributed by atoms with E-state index >= 15 is 0 Å². The molecule has 0 radical (unpaired) electrons. The predicted molar refractivity (Wildman–Crippen MR) is 130 cm³/mol. The number of nitrogens with zero attached hydrogens (tertiary/aromatic N) is 3. The quantitative estimate of drug-likeness (QED) is 0.313. The molecule has 0 fully saturated rings. The van der Waals surface area contributed by atoms with Crippen LogP contribution in [0, 0.1) is 0 Å². The minimum absolute atomic E-state index is 0.181. The predicted octanol–water partition coefficient (Wildman–Crippen LogP) is 6.37. The van der Waals surface area contributed by atoms with E-state index in [2.05, 4.69) is 5.32 Å². The van der Waals surface area contributed by atoms with Crippen molar-refractivity contribution in [3.05, 3.63) is 87.4 Å². The standard InChI is InChI=1S/C23H14Cl3N5O/c24-12-5-7-13(8-6-12)28-23(32)19-20-22(30-18-4-2-1-3-17(18)29-20)31(21(19)27)14-9-10-15(25)16(26)11-14/h1-11H,27H2,(H,28,32). The molecular weight excluding hydrogens is 469 g/mol. The smallest absolute Gasteiger partial charge is 0.261 e. The lowest BCUT2D eigenvalue weighted by molar-refractivity contribution is 0.102. The minimum Gasteiger partial charge on any atom is -0.384 e. The number of benzene rings is 3. The summed E-state index contributed by atoms with van der Waals surface area (Å²) < 4.78 is 1.65. The maximum atomic E-state index is 13.3. The summed E-state index contributed by atoms with van der Waals surface area (Å²) in [6.07, 6.45) is 0. The summed E-state index contributed by atoms with van der Waals surface area (Å²) in [5, 5.41) is 4.17. The van der Waals surface area contributed by atoms with Gasteiger partial charge in [0.2, 0.25) is 0 Å². The van der Waals surface area contributed by atoms with Crippen LogP contribution in [0.1, 0.15) is 10.4 Å². The number of aromatic nitrogens is 3. The van der Waals surface area contributed by atoms with Crippen molar-refractivity contribution in [2.24, 2.45) is 0 Å². The van der Waals surface area contributed by atoms with E-state index in [0.29, 0.717) is 48.6 Å². The van der Waals surface area contributed by atoms with Crippen molar-refractivity contribution in [3.63, 3.8) is 0 Å². The number of hydrogen-bond donors (Lipinski definition) is 2. The number of hydrogen-bond acceptors (Lipinski definition) is 4. The van der Waals surface area contributed by atoms with E-state index in [1.807, 2.05) is 24.3 Å². The van der Waals surface area contributed by atoms with Gasteiger partial charge in [0.05, 0.1) is 26.8 Å². The van der Waals surface area contributed by atoms with Crippen LogP contribution in [0.25, 0.3) is 27.9 Å². The fraction of sp³-hybridized carbons (Fsp3) is 0. The third-order valence-corrected chi connectivity index (χ3v) is 5.98. The number of para-hydroxylation sites is 2. The maximum absolute atomic E-state index is 13.3. The van der Waals surface area contributed by atoms with Crippen molar-refractivity contribution in [1.82, 2.24) is 14.5 Å². The van der Waals surface area contributed by atoms with Crippen molar-refractivity contribution in [2.75, 3.05) is 11.1 Å². The first kappa shape index (κ1) is 20.6. The molecule has 5 aromatic rings. The first-order valence-corrected chi connectivity index (χ1v) is 10.6. The number of amides is 1. The summed E-state index contributed by atoms with van der Waals surface area (Å²) in [5.41, 5.74) is 10.0. The second kappa shape index (κ2) is 7.98. The molecule has 3 aromatic carbocycles. The number of nitrogens with one attached hydrogen (secondary N) is 1. The van der Waals surface area contributed by atoms with Gasteiger partial charge in [0.1, 0.15) is 16.9 Å². The molecule has 158 valence electrons. The average Bonchev–Trinajstić information content (AvgIpc) is 3.06. The molecule has 5 rings (SSSR count). The van der Waals surface area contributed by atoms with Gasteiger partial charge in [0, 0.05) is 10.7 Å². The number of rotatable bonds is 3. The number of carbonyl (C=O) groups excluding carboxylic acids is 1. The van der Waals surface area contributed by atoms with Gasteiger partial charge in [-0.15, -0.1) is 0 Å². The zero-order chi connectivity index (χ0) is 22.4. The molecule has 0 bridgehead atoms. The molecule has 6 nitrogen and oxygen atoms in total. The van der Waals surface area contributed by atoms with Crippen molar-refractivity contribution in [3.8, 4) is 5.69 Å². The number of nitrogen functional groups attached to an aromatic ring is 1. The van der Waals surface area contributed by atoms with E-state index in [9.17, 15) is 4.79 Å². The van der Waals surface area contributed by atoms with Crippen LogP contribution in [-0.4, -0.2) is 20.4 Å². The Labute approximate surface area is 197 Å². The Morgan fingerprint density at radius 2 is 1.56 bits per heavy atom. The highest BCUT2D eigenvalue weighted by molar-refractivity contribution is 6.42. The maximum Gasteiger partial charge on any atom is 0.261 e. The number of fused-ring (bicyclic) bond motifs is 2. The summed E-state index contributed by atoms with van der Waals surface area (Å²) in [7, 11) is 0. The lowest BCUT2D eigenvalue weighted by atomic mass is 10.2. The molecule has 0 aliphatic heterocycles. The van der Waals surface area contributed by atoms with E-state index in [4.69, 9.17) is 50.5 Å². The van der Waals surface area contributed by atoms with Crippen molar-refractivity contribution < 1.29 is 4.79 Å². The number of nitrogens with two attached hydrogens (primary N) is 1. The van der Waals surface area contributed by atoms with E-state index < -0.39 is 5.91 Å². The first-order chi connectivity index (χ1) is 15.4. The zero-order valence-electron chi connectivity index (χ0n) is 16.3. The van der Waals surface area contributed by atoms with E-state index in [0.717, 1.165) is 0 Å². The van der Waals surface area contributed by atoms with Crippen LogP contribution in [0.3, 0.4) is 0 Å². The Morgan fingerprint density at radius 3 is 2.25 bits per heavy atom. The van der Waals surface area contributed by atoms with Gasteiger partial charge >= 0.3 is 0 Å². The summed E-state index contributed by atoms with van der Waals surface area (Å²) >= 11 is 18.3. The lowest BCUT2D eigenvalue weighted by Gasteiger charge is -2.09. The SMILES string of the molecule is Nc1c(C(=O)Nc2ccc(Cl)cc2)c2nc3ccccc3nc2n1-c1ccc(Cl)c(Cl)c1. The van der Waals surface area contributed by atoms with Gasteiger partial charge < -0.3 is 11.1 Å². The second-order valence-electron chi connectivity index (χ2n) is 7.04. The molecule has 0 atom stereocenters. The van der Waals surface area contributed by atoms with E-state index in [1.165, 1.54) is 0 Å². The van der Waals surface area contributed by atoms with Crippen molar-refractivity contribution in [2.45, 2.75) is 0 Å². The lowest BCUT2D eigenvalue weighted by Crippen LogP contribution is -2.14. The summed E-state index contributed by atoms with van der Waals surface area (Å²) in [4.78, 5) is 22.7. The van der Waals surface area contributed by atoms with Gasteiger partial charge in [-0.05, 0) is 54.6 Å². The first-order valence-electron chi connectivity index (χ1n) is 9.51. The van der Waals surface area contributed by atoms with Crippen molar-refractivity contribution in [1.29, 1.82) is 0 Å². The molecule has 0 unspecified atom stereocenters. The third kappa shape index (κ3) is 3.52. The van der Waals surface area contributed by atoms with Gasteiger partial charge in [-0.25, -0.2) is 9.97 Å². The van der Waals surface area contributed by atoms with Crippen LogP contribution in [-0.2, 0) is 0 Å². The van der Waals surface area contributed by atoms with Crippen LogP contribution < -0.4 is 11.1 Å². The molecule has 0 aliphatic carbocycles. The molecular formula is C23H14Cl3N5O. The Hall–Kier alpha value is -3.32. The summed E-state index contributed by atoms with van der Waals surface area (Å²) in [6.45, 7) is 0. The molecule has 1 amide bonds. The average molecular weight is 483 g/mol. The number of carbonyl (C=O) groups is 1. The molecule has 2 heterocycles. The van der Waals surface area contributed by atoms with E-state index in [-0.39, 0.29) is 11.4 Å². The van der Waals surface area contributed by atoms with Crippen LogP contribution in [0.5, 0.6) is 0 Å². The van der Waals surface area contributed by atoms with Crippen LogP contribution in [0.4, 0.5) is 11.5 Å². The number of anilines is 2. The van der Waals surface area contributed by atoms with Gasteiger partial charge in [-0.1, -0.05) is 46.9 Å². The summed E-state index contributed by atoms with van der Waals surface area (Å²) in [5.74, 6) is -0.238. The Bertz CT molecular complexity index is 1510. The molecule has 32 heavy (non-hydrogen) atoms. The fourth-order valence-corrected chi connectivity index (χ4v) is 3.92. The van der Waals surface area contributed by atoms with Gasteiger partial charge in [0.25, 0.3) is 5.91 Å². The number of halogens is 3. The topological polar surface area (TPSA) is 85.8 Å². The molecule has 0 saturated heterocycles. The fourth-order valence-electron chi connectivity index (χ4n) is 3.50. The molecule has 0 aliphatic rings. The molecule has 3 N–H and O–H groups in total. The monoisotopic (exact) mass is 481 g/mol. The van der Waals surface area contributed by atoms with Gasteiger partial charge in [0.15, 0.2) is 5.65 Å². The normalized spacial score (nSPS) is 11.2. The largest absolute Gasteiger partial charge is 0.384 e. The Morgan fingerprint density at radius 1 is 0.875 bits per heavy atom. The molecule has 0 spiro atoms. The highest BCUT2D eigenvalue weighted by atomic mass is 35.5. The summed E-state index contributed by atoms with van der Waals surface area (Å²) in [6, 6.07) is 19.3. The Kier molecular flexibility index (Phi) is 5.13. The van der Waals surface area contributed by atoms with E-state index in [1.54, 1.807) is 47.0 Å². The molecule has 0 saturated carbocycles. The molecule has 9 heteroatoms. The zero-order valence-corrected chi connectivity index (χ0v) is 18.6. The van der Waals surface area contributed by atoms with Crippen LogP contribution in [0.2, 0.25) is 15.1 Å². The Balaban J connectivity index is 1.75. The minimum atomic E-state index is -0.418. The second-order valence-corrected chi connectivity index (χ2v) is 8.29. The van der Waals surface area contributed by atoms with Crippen LogP contribution >= 0.6 is 34.8 Å². The third-order valence-electron chi connectivity index (χ3n) is 4.99. The highest BCUT2D eigenvalue weighted by Crippen LogP contribution is 2.33. The van der Waals surface area contributed by atoms with Gasteiger partial charge in [-0.2, -0.15) is 0 Å². The van der Waals surface area contributed by atoms with Crippen molar-refractivity contribution >= 4 is 74.4 Å². The highest BCUT2D eigenvalue weighted by Gasteiger charge is 2.25.